The topological polar surface area (TPSA) is 69.7 Å². The van der Waals surface area contributed by atoms with Gasteiger partial charge in [0.2, 0.25) is 0 Å². The zero-order valence-corrected chi connectivity index (χ0v) is 22.0. The third-order valence-electron chi connectivity index (χ3n) is 5.69. The summed E-state index contributed by atoms with van der Waals surface area (Å²) in [5, 5.41) is 0. The molecule has 0 saturated heterocycles. The van der Waals surface area contributed by atoms with Crippen LogP contribution >= 0.6 is 0 Å². The minimum Gasteiger partial charge on any atom is -0.493 e. The van der Waals surface area contributed by atoms with Crippen molar-refractivity contribution in [2.75, 3.05) is 13.2 Å². The van der Waals surface area contributed by atoms with Crippen molar-refractivity contribution in [1.82, 2.24) is 0 Å². The molecule has 0 aliphatic carbocycles. The maximum Gasteiger partial charge on any atom is 0.324 e. The first-order chi connectivity index (χ1) is 15.3. The number of ketones is 2. The Hall–Kier alpha value is -2.17. The molecule has 186 valence electrons. The quantitative estimate of drug-likeness (QED) is 0.195. The molecular formula is C28H44O5. The highest BCUT2D eigenvalue weighted by atomic mass is 16.5. The van der Waals surface area contributed by atoms with Gasteiger partial charge in [0, 0.05) is 6.42 Å². The van der Waals surface area contributed by atoms with Crippen molar-refractivity contribution in [2.45, 2.75) is 105 Å². The number of hydrogen-bond donors (Lipinski definition) is 0. The fourth-order valence-electron chi connectivity index (χ4n) is 3.59. The van der Waals surface area contributed by atoms with Gasteiger partial charge < -0.3 is 9.47 Å². The van der Waals surface area contributed by atoms with Crippen molar-refractivity contribution in [3.8, 4) is 5.75 Å². The van der Waals surface area contributed by atoms with E-state index in [-0.39, 0.29) is 23.9 Å². The second-order valence-electron chi connectivity index (χ2n) is 10.9. The van der Waals surface area contributed by atoms with Crippen molar-refractivity contribution in [2.24, 2.45) is 5.92 Å². The first-order valence-electron chi connectivity index (χ1n) is 12.3. The van der Waals surface area contributed by atoms with Gasteiger partial charge in [-0.25, -0.2) is 0 Å². The molecule has 0 aliphatic heterocycles. The lowest BCUT2D eigenvalue weighted by Gasteiger charge is -2.27. The van der Waals surface area contributed by atoms with Gasteiger partial charge in [0.15, 0.2) is 17.5 Å². The largest absolute Gasteiger partial charge is 0.493 e. The predicted octanol–water partition coefficient (Wildman–Crippen LogP) is 6.34. The molecule has 0 amide bonds. The summed E-state index contributed by atoms with van der Waals surface area (Å²) in [5.74, 6) is -2.11. The smallest absolute Gasteiger partial charge is 0.324 e. The number of Topliss-reactive ketones (excluding diaryl/α,β-unsaturated/α-hetero) is 2. The Morgan fingerprint density at radius 1 is 0.879 bits per heavy atom. The highest BCUT2D eigenvalue weighted by Gasteiger charge is 2.32. The molecule has 0 bridgehead atoms. The molecule has 5 nitrogen and oxygen atoms in total. The van der Waals surface area contributed by atoms with Gasteiger partial charge in [-0.1, -0.05) is 79.9 Å². The summed E-state index contributed by atoms with van der Waals surface area (Å²) < 4.78 is 11.2. The van der Waals surface area contributed by atoms with Crippen LogP contribution in [0.1, 0.15) is 105 Å². The summed E-state index contributed by atoms with van der Waals surface area (Å²) in [6, 6.07) is 6.28. The molecule has 0 fully saturated rings. The SMILES string of the molecule is CCCCCCOC(=O)C(C(C)=O)C(=O)CCCOc1ccc(C(C)(C)C)cc1C(C)(C)C. The van der Waals surface area contributed by atoms with E-state index in [9.17, 15) is 14.4 Å². The third-order valence-corrected chi connectivity index (χ3v) is 5.69. The number of hydrogen-bond acceptors (Lipinski definition) is 5. The molecule has 1 aromatic carbocycles. The standard InChI is InChI=1S/C28H44O5/c1-9-10-11-12-17-33-26(31)25(20(2)29)23(30)14-13-18-32-24-16-15-21(27(3,4)5)19-22(24)28(6,7)8/h15-16,19,25H,9-14,17-18H2,1-8H3. The van der Waals surface area contributed by atoms with E-state index in [4.69, 9.17) is 9.47 Å². The molecule has 1 rings (SSSR count). The van der Waals surface area contributed by atoms with Gasteiger partial charge >= 0.3 is 5.97 Å². The molecule has 1 unspecified atom stereocenters. The van der Waals surface area contributed by atoms with Crippen LogP contribution in [0.2, 0.25) is 0 Å². The monoisotopic (exact) mass is 460 g/mol. The van der Waals surface area contributed by atoms with Crippen LogP contribution in [-0.4, -0.2) is 30.7 Å². The van der Waals surface area contributed by atoms with Gasteiger partial charge in [-0.15, -0.1) is 0 Å². The van der Waals surface area contributed by atoms with Gasteiger partial charge in [-0.05, 0) is 47.8 Å². The molecule has 0 spiro atoms. The van der Waals surface area contributed by atoms with E-state index in [1.807, 2.05) is 6.07 Å². The summed E-state index contributed by atoms with van der Waals surface area (Å²) >= 11 is 0. The zero-order valence-electron chi connectivity index (χ0n) is 22.0. The van der Waals surface area contributed by atoms with Gasteiger partial charge in [-0.3, -0.25) is 14.4 Å². The third kappa shape index (κ3) is 9.69. The molecule has 1 aromatic rings. The van der Waals surface area contributed by atoms with Crippen LogP contribution in [0, 0.1) is 5.92 Å². The fraction of sp³-hybridized carbons (Fsp3) is 0.679. The van der Waals surface area contributed by atoms with Crippen LogP contribution in [0.3, 0.4) is 0 Å². The Kier molecular flexibility index (Phi) is 11.3. The Morgan fingerprint density at radius 3 is 2.09 bits per heavy atom. The van der Waals surface area contributed by atoms with Gasteiger partial charge in [0.05, 0.1) is 13.2 Å². The molecular weight excluding hydrogens is 416 g/mol. The molecule has 0 heterocycles. The molecule has 0 N–H and O–H groups in total. The van der Waals surface area contributed by atoms with Crippen LogP contribution < -0.4 is 4.74 Å². The number of carbonyl (C=O) groups excluding carboxylic acids is 3. The summed E-state index contributed by atoms with van der Waals surface area (Å²) in [5.41, 5.74) is 2.31. The molecule has 0 aliphatic rings. The number of carbonyl (C=O) groups is 3. The second kappa shape index (κ2) is 12.9. The van der Waals surface area contributed by atoms with E-state index < -0.39 is 23.5 Å². The maximum atomic E-state index is 12.6. The van der Waals surface area contributed by atoms with E-state index in [2.05, 4.69) is 60.6 Å². The highest BCUT2D eigenvalue weighted by molar-refractivity contribution is 6.16. The van der Waals surface area contributed by atoms with Crippen molar-refractivity contribution in [3.63, 3.8) is 0 Å². The average Bonchev–Trinajstić information content (AvgIpc) is 2.69. The Labute approximate surface area is 200 Å². The highest BCUT2D eigenvalue weighted by Crippen LogP contribution is 2.35. The Bertz CT molecular complexity index is 795. The fourth-order valence-corrected chi connectivity index (χ4v) is 3.59. The normalized spacial score (nSPS) is 12.8. The van der Waals surface area contributed by atoms with Crippen molar-refractivity contribution in [1.29, 1.82) is 0 Å². The Morgan fingerprint density at radius 2 is 1.55 bits per heavy atom. The average molecular weight is 461 g/mol. The molecule has 0 saturated carbocycles. The van der Waals surface area contributed by atoms with E-state index in [0.29, 0.717) is 13.0 Å². The van der Waals surface area contributed by atoms with Crippen LogP contribution in [0.4, 0.5) is 0 Å². The summed E-state index contributed by atoms with van der Waals surface area (Å²) in [7, 11) is 0. The maximum absolute atomic E-state index is 12.6. The van der Waals surface area contributed by atoms with Gasteiger partial charge in [-0.2, -0.15) is 0 Å². The second-order valence-corrected chi connectivity index (χ2v) is 10.9. The first-order valence-corrected chi connectivity index (χ1v) is 12.3. The van der Waals surface area contributed by atoms with Crippen LogP contribution in [0.15, 0.2) is 18.2 Å². The molecule has 5 heteroatoms. The van der Waals surface area contributed by atoms with Crippen LogP contribution in [-0.2, 0) is 30.0 Å². The number of esters is 1. The first kappa shape index (κ1) is 28.9. The summed E-state index contributed by atoms with van der Waals surface area (Å²) in [6.07, 6.45) is 4.39. The lowest BCUT2D eigenvalue weighted by Crippen LogP contribution is -2.32. The minimum atomic E-state index is -1.33. The lowest BCUT2D eigenvalue weighted by atomic mass is 9.80. The van der Waals surface area contributed by atoms with E-state index in [1.165, 1.54) is 12.5 Å². The molecule has 0 aromatic heterocycles. The number of ether oxygens (including phenoxy) is 2. The lowest BCUT2D eigenvalue weighted by molar-refractivity contribution is -0.155. The molecule has 1 atom stereocenters. The summed E-state index contributed by atoms with van der Waals surface area (Å²) in [6.45, 7) is 16.9. The van der Waals surface area contributed by atoms with Gasteiger partial charge in [0.25, 0.3) is 0 Å². The number of benzene rings is 1. The van der Waals surface area contributed by atoms with Crippen molar-refractivity contribution in [3.05, 3.63) is 29.3 Å². The van der Waals surface area contributed by atoms with Crippen LogP contribution in [0.25, 0.3) is 0 Å². The molecule has 33 heavy (non-hydrogen) atoms. The van der Waals surface area contributed by atoms with Crippen LogP contribution in [0.5, 0.6) is 5.75 Å². The molecule has 0 radical (unpaired) electrons. The van der Waals surface area contributed by atoms with Crippen molar-refractivity contribution < 1.29 is 23.9 Å². The predicted molar refractivity (Wildman–Crippen MR) is 133 cm³/mol. The zero-order chi connectivity index (χ0) is 25.2. The minimum absolute atomic E-state index is 0.0389. The number of unbranched alkanes of at least 4 members (excludes halogenated alkanes) is 3. The van der Waals surface area contributed by atoms with E-state index >= 15 is 0 Å². The van der Waals surface area contributed by atoms with E-state index in [0.717, 1.165) is 37.0 Å². The van der Waals surface area contributed by atoms with E-state index in [1.54, 1.807) is 0 Å². The van der Waals surface area contributed by atoms with Crippen molar-refractivity contribution >= 4 is 17.5 Å². The number of rotatable bonds is 13. The Balaban J connectivity index is 2.68. The van der Waals surface area contributed by atoms with Gasteiger partial charge in [0.1, 0.15) is 5.75 Å². The summed E-state index contributed by atoms with van der Waals surface area (Å²) in [4.78, 5) is 36.8.